The lowest BCUT2D eigenvalue weighted by atomic mass is 9.96. The molecule has 3 heterocycles. The van der Waals surface area contributed by atoms with E-state index in [1.54, 1.807) is 13.0 Å². The van der Waals surface area contributed by atoms with Crippen molar-refractivity contribution in [2.45, 2.75) is 45.2 Å². The van der Waals surface area contributed by atoms with Crippen molar-refractivity contribution in [2.24, 2.45) is 0 Å². The summed E-state index contributed by atoms with van der Waals surface area (Å²) in [7, 11) is 0. The third-order valence-corrected chi connectivity index (χ3v) is 6.01. The average molecular weight is 360 g/mol. The van der Waals surface area contributed by atoms with Crippen molar-refractivity contribution in [3.05, 3.63) is 46.3 Å². The van der Waals surface area contributed by atoms with Crippen LogP contribution in [0.1, 0.15) is 48.5 Å². The number of likely N-dealkylation sites (tertiary alicyclic amines) is 1. The first-order chi connectivity index (χ1) is 12.1. The molecule has 1 fully saturated rings. The molecule has 1 saturated heterocycles. The van der Waals surface area contributed by atoms with E-state index in [1.807, 2.05) is 12.1 Å². The van der Waals surface area contributed by atoms with Crippen LogP contribution in [-0.4, -0.2) is 37.2 Å². The van der Waals surface area contributed by atoms with Crippen LogP contribution in [0.25, 0.3) is 4.96 Å². The largest absolute Gasteiger partial charge is 0.492 e. The topological polar surface area (TPSA) is 53.7 Å². The van der Waals surface area contributed by atoms with Crippen LogP contribution >= 0.6 is 11.3 Å². The molecule has 0 radical (unpaired) electrons. The number of nitrogens with zero attached hydrogens (tertiary/aromatic N) is 4. The van der Waals surface area contributed by atoms with E-state index >= 15 is 0 Å². The van der Waals surface area contributed by atoms with E-state index in [9.17, 15) is 9.50 Å². The maximum absolute atomic E-state index is 14.6. The lowest BCUT2D eigenvalue weighted by Crippen LogP contribution is -2.40. The number of benzene rings is 1. The minimum atomic E-state index is -0.328. The highest BCUT2D eigenvalue weighted by Crippen LogP contribution is 2.42. The highest BCUT2D eigenvalue weighted by molar-refractivity contribution is 7.17. The average Bonchev–Trinajstić information content (AvgIpc) is 3.09. The Kier molecular flexibility index (Phi) is 4.21. The van der Waals surface area contributed by atoms with Gasteiger partial charge in [0.2, 0.25) is 10.8 Å². The first kappa shape index (κ1) is 16.5. The lowest BCUT2D eigenvalue weighted by molar-refractivity contribution is 0.123. The molecule has 0 spiro atoms. The molecule has 4 rings (SSSR count). The molecule has 25 heavy (non-hydrogen) atoms. The Morgan fingerprint density at radius 3 is 2.84 bits per heavy atom. The number of aromatic nitrogens is 3. The summed E-state index contributed by atoms with van der Waals surface area (Å²) in [5.74, 6) is 0.424. The van der Waals surface area contributed by atoms with Crippen molar-refractivity contribution >= 4 is 16.3 Å². The second-order valence-electron chi connectivity index (χ2n) is 6.65. The molecule has 1 aliphatic rings. The van der Waals surface area contributed by atoms with Gasteiger partial charge in [0.05, 0.1) is 10.9 Å². The van der Waals surface area contributed by atoms with Gasteiger partial charge in [0.25, 0.3) is 0 Å². The van der Waals surface area contributed by atoms with E-state index in [0.717, 1.165) is 19.4 Å². The molecule has 0 saturated carbocycles. The second-order valence-corrected chi connectivity index (χ2v) is 7.66. The van der Waals surface area contributed by atoms with Crippen molar-refractivity contribution < 1.29 is 9.50 Å². The summed E-state index contributed by atoms with van der Waals surface area (Å²) in [5, 5.41) is 15.0. The van der Waals surface area contributed by atoms with E-state index in [0.29, 0.717) is 27.3 Å². The summed E-state index contributed by atoms with van der Waals surface area (Å²) >= 11 is 1.38. The molecule has 1 N–H and O–H groups in total. The van der Waals surface area contributed by atoms with Gasteiger partial charge in [-0.25, -0.2) is 9.37 Å². The second kappa shape index (κ2) is 6.38. The minimum Gasteiger partial charge on any atom is -0.492 e. The number of thiazole rings is 1. The Labute approximate surface area is 149 Å². The van der Waals surface area contributed by atoms with Crippen LogP contribution in [0.5, 0.6) is 5.88 Å². The zero-order chi connectivity index (χ0) is 17.6. The Morgan fingerprint density at radius 1 is 1.32 bits per heavy atom. The summed E-state index contributed by atoms with van der Waals surface area (Å²) < 4.78 is 16.1. The molecule has 7 heteroatoms. The summed E-state index contributed by atoms with van der Waals surface area (Å²) in [6.07, 6.45) is 3.34. The summed E-state index contributed by atoms with van der Waals surface area (Å²) in [5.41, 5.74) is 0.591. The number of hydrogen-bond donors (Lipinski definition) is 1. The molecule has 3 aromatic rings. The van der Waals surface area contributed by atoms with Crippen LogP contribution in [0, 0.1) is 12.7 Å². The predicted octanol–water partition coefficient (Wildman–Crippen LogP) is 3.91. The number of halogens is 1. The van der Waals surface area contributed by atoms with Crippen molar-refractivity contribution in [3.8, 4) is 5.88 Å². The zero-order valence-electron chi connectivity index (χ0n) is 14.3. The molecule has 132 valence electrons. The van der Waals surface area contributed by atoms with Crippen molar-refractivity contribution in [2.75, 3.05) is 6.54 Å². The van der Waals surface area contributed by atoms with Gasteiger partial charge >= 0.3 is 0 Å². The smallest absolute Gasteiger partial charge is 0.230 e. The number of aromatic hydroxyl groups is 1. The minimum absolute atomic E-state index is 0.0617. The maximum atomic E-state index is 14.6. The molecular weight excluding hydrogens is 339 g/mol. The van der Waals surface area contributed by atoms with Crippen LogP contribution in [-0.2, 0) is 0 Å². The maximum Gasteiger partial charge on any atom is 0.230 e. The zero-order valence-corrected chi connectivity index (χ0v) is 15.1. The van der Waals surface area contributed by atoms with Gasteiger partial charge in [0.15, 0.2) is 0 Å². The van der Waals surface area contributed by atoms with Crippen molar-refractivity contribution in [3.63, 3.8) is 0 Å². The SMILES string of the molecule is Cc1nc2sc([C@@H](c3ccccc3F)N3CCCC[C@@H]3C)c(O)n2n1. The van der Waals surface area contributed by atoms with Gasteiger partial charge in [0.1, 0.15) is 11.6 Å². The number of hydrogen-bond acceptors (Lipinski definition) is 5. The molecule has 0 unspecified atom stereocenters. The molecule has 0 amide bonds. The van der Waals surface area contributed by atoms with Gasteiger partial charge in [-0.1, -0.05) is 36.0 Å². The fourth-order valence-corrected chi connectivity index (χ4v) is 4.84. The van der Waals surface area contributed by atoms with E-state index in [-0.39, 0.29) is 17.7 Å². The number of piperidine rings is 1. The van der Waals surface area contributed by atoms with E-state index in [4.69, 9.17) is 0 Å². The van der Waals surface area contributed by atoms with Crippen molar-refractivity contribution in [1.29, 1.82) is 0 Å². The van der Waals surface area contributed by atoms with E-state index in [1.165, 1.54) is 28.3 Å². The van der Waals surface area contributed by atoms with Gasteiger partial charge in [0, 0.05) is 11.6 Å². The van der Waals surface area contributed by atoms with E-state index < -0.39 is 0 Å². The Bertz CT molecular complexity index is 906. The van der Waals surface area contributed by atoms with Crippen molar-refractivity contribution in [1.82, 2.24) is 19.5 Å². The lowest BCUT2D eigenvalue weighted by Gasteiger charge is -2.39. The van der Waals surface area contributed by atoms with Gasteiger partial charge in [-0.2, -0.15) is 4.52 Å². The quantitative estimate of drug-likeness (QED) is 0.769. The van der Waals surface area contributed by atoms with Crippen LogP contribution in [0.15, 0.2) is 24.3 Å². The Morgan fingerprint density at radius 2 is 2.12 bits per heavy atom. The molecule has 1 aromatic carbocycles. The third-order valence-electron chi connectivity index (χ3n) is 4.94. The van der Waals surface area contributed by atoms with Gasteiger partial charge < -0.3 is 5.11 Å². The van der Waals surface area contributed by atoms with Gasteiger partial charge in [-0.15, -0.1) is 5.10 Å². The highest BCUT2D eigenvalue weighted by Gasteiger charge is 2.34. The van der Waals surface area contributed by atoms with Gasteiger partial charge in [-0.05, 0) is 39.3 Å². The monoisotopic (exact) mass is 360 g/mol. The van der Waals surface area contributed by atoms with Crippen LogP contribution in [0.4, 0.5) is 4.39 Å². The molecule has 5 nitrogen and oxygen atoms in total. The molecular formula is C18H21FN4OS. The number of aryl methyl sites for hydroxylation is 1. The molecule has 0 aliphatic carbocycles. The van der Waals surface area contributed by atoms with Crippen LogP contribution in [0.3, 0.4) is 0 Å². The number of rotatable bonds is 3. The first-order valence-corrected chi connectivity index (χ1v) is 9.43. The standard InChI is InChI=1S/C18H21FN4OS/c1-11-7-5-6-10-22(11)15(13-8-3-4-9-14(13)19)16-17(24)23-18(25-16)20-12(2)21-23/h3-4,8-9,11,15,24H,5-7,10H2,1-2H3/t11-,15+/m0/s1. The fraction of sp³-hybridized carbons (Fsp3) is 0.444. The highest BCUT2D eigenvalue weighted by atomic mass is 32.1. The van der Waals surface area contributed by atoms with Gasteiger partial charge in [-0.3, -0.25) is 4.90 Å². The molecule has 1 aliphatic heterocycles. The molecule has 0 bridgehead atoms. The summed E-state index contributed by atoms with van der Waals surface area (Å²) in [6, 6.07) is 6.82. The van der Waals surface area contributed by atoms with Crippen LogP contribution in [0.2, 0.25) is 0 Å². The summed E-state index contributed by atoms with van der Waals surface area (Å²) in [6.45, 7) is 4.84. The summed E-state index contributed by atoms with van der Waals surface area (Å²) in [4.78, 5) is 7.98. The predicted molar refractivity (Wildman–Crippen MR) is 95.5 cm³/mol. The normalized spacial score (nSPS) is 20.2. The third kappa shape index (κ3) is 2.81. The fourth-order valence-electron chi connectivity index (χ4n) is 3.70. The Hall–Kier alpha value is -1.99. The Balaban J connectivity index is 1.88. The first-order valence-electron chi connectivity index (χ1n) is 8.61. The molecule has 2 aromatic heterocycles. The van der Waals surface area contributed by atoms with Crippen LogP contribution < -0.4 is 0 Å². The molecule has 2 atom stereocenters. The number of fused-ring (bicyclic) bond motifs is 1. The van der Waals surface area contributed by atoms with E-state index in [2.05, 4.69) is 21.9 Å².